The fourth-order valence-corrected chi connectivity index (χ4v) is 2.07. The van der Waals surface area contributed by atoms with Crippen molar-refractivity contribution in [3.05, 3.63) is 23.9 Å². The lowest BCUT2D eigenvalue weighted by atomic mass is 10.1. The quantitative estimate of drug-likeness (QED) is 0.792. The normalized spacial score (nSPS) is 12.2. The van der Waals surface area contributed by atoms with Crippen LogP contribution in [0.15, 0.2) is 18.2 Å². The summed E-state index contributed by atoms with van der Waals surface area (Å²) in [6.45, 7) is 0.797. The number of aromatic nitrogens is 1. The maximum atomic E-state index is 13.0. The van der Waals surface area contributed by atoms with Crippen molar-refractivity contribution in [3.63, 3.8) is 0 Å². The van der Waals surface area contributed by atoms with Crippen molar-refractivity contribution in [3.8, 4) is 5.75 Å². The monoisotopic (exact) mass is 215 g/mol. The van der Waals surface area contributed by atoms with E-state index in [0.717, 1.165) is 18.5 Å². The molecular formula is C9H7F2NOS. The van der Waals surface area contributed by atoms with Gasteiger partial charge in [0.05, 0.1) is 4.70 Å². The van der Waals surface area contributed by atoms with E-state index in [0.29, 0.717) is 10.1 Å². The predicted molar refractivity (Wildman–Crippen MR) is 50.9 cm³/mol. The van der Waals surface area contributed by atoms with Gasteiger partial charge in [0.1, 0.15) is 11.4 Å². The molecule has 0 bridgehead atoms. The number of rotatable bonds is 1. The topological polar surface area (TPSA) is 33.1 Å². The van der Waals surface area contributed by atoms with E-state index in [4.69, 9.17) is 0 Å². The minimum absolute atomic E-state index is 0.0248. The van der Waals surface area contributed by atoms with Gasteiger partial charge >= 0.3 is 0 Å². The van der Waals surface area contributed by atoms with Crippen molar-refractivity contribution in [1.29, 1.82) is 0 Å². The molecule has 0 spiro atoms. The molecule has 0 aliphatic rings. The second-order valence-corrected chi connectivity index (χ2v) is 3.90. The Balaban J connectivity index is 2.73. The molecule has 14 heavy (non-hydrogen) atoms. The largest absolute Gasteiger partial charge is 0.508 e. The van der Waals surface area contributed by atoms with Crippen LogP contribution >= 0.6 is 11.5 Å². The molecule has 1 heterocycles. The third-order valence-electron chi connectivity index (χ3n) is 1.87. The summed E-state index contributed by atoms with van der Waals surface area (Å²) in [6, 6.07) is 4.35. The van der Waals surface area contributed by atoms with Gasteiger partial charge in [0.25, 0.3) is 5.92 Å². The number of phenolic OH excluding ortho intramolecular Hbond substituents is 1. The molecule has 2 nitrogen and oxygen atoms in total. The Kier molecular flexibility index (Phi) is 1.92. The van der Waals surface area contributed by atoms with Crippen LogP contribution in [0.3, 0.4) is 0 Å². The van der Waals surface area contributed by atoms with E-state index >= 15 is 0 Å². The highest BCUT2D eigenvalue weighted by atomic mass is 32.1. The summed E-state index contributed by atoms with van der Waals surface area (Å²) in [4.78, 5) is 0. The van der Waals surface area contributed by atoms with Crippen molar-refractivity contribution >= 4 is 21.6 Å². The second-order valence-electron chi connectivity index (χ2n) is 3.10. The summed E-state index contributed by atoms with van der Waals surface area (Å²) >= 11 is 1.01. The van der Waals surface area contributed by atoms with Gasteiger partial charge in [-0.15, -0.1) is 0 Å². The molecule has 0 aliphatic heterocycles. The third-order valence-corrected chi connectivity index (χ3v) is 2.70. The molecule has 0 unspecified atom stereocenters. The summed E-state index contributed by atoms with van der Waals surface area (Å²) < 4.78 is 30.4. The first kappa shape index (κ1) is 9.33. The Morgan fingerprint density at radius 3 is 2.79 bits per heavy atom. The van der Waals surface area contributed by atoms with Gasteiger partial charge in [0, 0.05) is 12.3 Å². The number of halogens is 2. The van der Waals surface area contributed by atoms with Crippen LogP contribution in [-0.2, 0) is 5.92 Å². The Morgan fingerprint density at radius 1 is 1.43 bits per heavy atom. The average Bonchev–Trinajstić information content (AvgIpc) is 2.45. The van der Waals surface area contributed by atoms with Gasteiger partial charge < -0.3 is 5.11 Å². The summed E-state index contributed by atoms with van der Waals surface area (Å²) in [5.41, 5.74) is -0.270. The van der Waals surface area contributed by atoms with Crippen LogP contribution < -0.4 is 0 Å². The number of hydrogen-bond donors (Lipinski definition) is 1. The summed E-state index contributed by atoms with van der Waals surface area (Å²) in [7, 11) is 0. The molecule has 2 aromatic rings. The Morgan fingerprint density at radius 2 is 2.14 bits per heavy atom. The van der Waals surface area contributed by atoms with E-state index in [1.165, 1.54) is 12.1 Å². The smallest absolute Gasteiger partial charge is 0.288 e. The van der Waals surface area contributed by atoms with Gasteiger partial charge in [0.15, 0.2) is 0 Å². The Bertz CT molecular complexity index is 475. The van der Waals surface area contributed by atoms with Gasteiger partial charge in [-0.2, -0.15) is 13.2 Å². The molecule has 0 saturated heterocycles. The van der Waals surface area contributed by atoms with Crippen molar-refractivity contribution in [2.24, 2.45) is 0 Å². The maximum absolute atomic E-state index is 13.0. The molecule has 0 fully saturated rings. The molecule has 0 radical (unpaired) electrons. The first-order chi connectivity index (χ1) is 6.48. The van der Waals surface area contributed by atoms with E-state index in [-0.39, 0.29) is 11.4 Å². The van der Waals surface area contributed by atoms with Crippen LogP contribution in [0.5, 0.6) is 5.75 Å². The van der Waals surface area contributed by atoms with Crippen molar-refractivity contribution in [1.82, 2.24) is 4.37 Å². The molecule has 2 rings (SSSR count). The first-order valence-electron chi connectivity index (χ1n) is 3.95. The Labute approximate surface area is 83.0 Å². The molecule has 0 aliphatic carbocycles. The SMILES string of the molecule is CC(F)(F)c1nsc2ccc(O)cc12. The van der Waals surface area contributed by atoms with Crippen molar-refractivity contribution in [2.45, 2.75) is 12.8 Å². The number of benzene rings is 1. The van der Waals surface area contributed by atoms with Gasteiger partial charge in [-0.3, -0.25) is 0 Å². The van der Waals surface area contributed by atoms with Crippen LogP contribution in [0.2, 0.25) is 0 Å². The highest BCUT2D eigenvalue weighted by Gasteiger charge is 2.29. The zero-order valence-electron chi connectivity index (χ0n) is 7.29. The Hall–Kier alpha value is -1.23. The van der Waals surface area contributed by atoms with Crippen LogP contribution in [0.25, 0.3) is 10.1 Å². The number of nitrogens with zero attached hydrogens (tertiary/aromatic N) is 1. The molecule has 0 amide bonds. The highest BCUT2D eigenvalue weighted by molar-refractivity contribution is 7.13. The molecule has 1 aromatic carbocycles. The molecule has 74 valence electrons. The van der Waals surface area contributed by atoms with Gasteiger partial charge in [-0.05, 0) is 29.7 Å². The van der Waals surface area contributed by atoms with Crippen LogP contribution in [0, 0.1) is 0 Å². The molecule has 1 N–H and O–H groups in total. The van der Waals surface area contributed by atoms with Crippen molar-refractivity contribution in [2.75, 3.05) is 0 Å². The molecule has 5 heteroatoms. The molecule has 0 atom stereocenters. The third kappa shape index (κ3) is 1.43. The lowest BCUT2D eigenvalue weighted by Crippen LogP contribution is -2.07. The number of phenols is 1. The first-order valence-corrected chi connectivity index (χ1v) is 4.72. The standard InChI is InChI=1S/C9H7F2NOS/c1-9(10,11)8-6-4-5(13)2-3-7(6)14-12-8/h2-4,13H,1H3. The lowest BCUT2D eigenvalue weighted by molar-refractivity contribution is 0.0154. The van der Waals surface area contributed by atoms with Crippen LogP contribution in [0.1, 0.15) is 12.6 Å². The predicted octanol–water partition coefficient (Wildman–Crippen LogP) is 3.11. The molecule has 1 aromatic heterocycles. The fraction of sp³-hybridized carbons (Fsp3) is 0.222. The van der Waals surface area contributed by atoms with E-state index in [1.807, 2.05) is 0 Å². The van der Waals surface area contributed by atoms with E-state index in [2.05, 4.69) is 4.37 Å². The molecule has 0 saturated carbocycles. The molecular weight excluding hydrogens is 208 g/mol. The zero-order valence-corrected chi connectivity index (χ0v) is 8.11. The van der Waals surface area contributed by atoms with Crippen molar-refractivity contribution < 1.29 is 13.9 Å². The second kappa shape index (κ2) is 2.88. The maximum Gasteiger partial charge on any atom is 0.288 e. The number of alkyl halides is 2. The van der Waals surface area contributed by atoms with E-state index in [9.17, 15) is 13.9 Å². The average molecular weight is 215 g/mol. The lowest BCUT2D eigenvalue weighted by Gasteiger charge is -2.06. The van der Waals surface area contributed by atoms with Gasteiger partial charge in [-0.25, -0.2) is 0 Å². The number of hydrogen-bond acceptors (Lipinski definition) is 3. The number of fused-ring (bicyclic) bond motifs is 1. The zero-order chi connectivity index (χ0) is 10.3. The minimum atomic E-state index is -2.97. The summed E-state index contributed by atoms with van der Waals surface area (Å²) in [5, 5.41) is 9.49. The number of aromatic hydroxyl groups is 1. The van der Waals surface area contributed by atoms with E-state index < -0.39 is 5.92 Å². The van der Waals surface area contributed by atoms with E-state index in [1.54, 1.807) is 6.07 Å². The van der Waals surface area contributed by atoms with Gasteiger partial charge in [-0.1, -0.05) is 0 Å². The van der Waals surface area contributed by atoms with Crippen LogP contribution in [-0.4, -0.2) is 9.48 Å². The van der Waals surface area contributed by atoms with Gasteiger partial charge in [0.2, 0.25) is 0 Å². The highest BCUT2D eigenvalue weighted by Crippen LogP contribution is 2.35. The van der Waals surface area contributed by atoms with Crippen LogP contribution in [0.4, 0.5) is 8.78 Å². The summed E-state index contributed by atoms with van der Waals surface area (Å²) in [6.07, 6.45) is 0. The minimum Gasteiger partial charge on any atom is -0.508 e. The summed E-state index contributed by atoms with van der Waals surface area (Å²) in [5.74, 6) is -2.99. The fourth-order valence-electron chi connectivity index (χ4n) is 1.24.